The lowest BCUT2D eigenvalue weighted by Crippen LogP contribution is -2.33. The fourth-order valence-corrected chi connectivity index (χ4v) is 8.59. The first-order valence-corrected chi connectivity index (χ1v) is 17.5. The van der Waals surface area contributed by atoms with E-state index in [-0.39, 0.29) is 51.9 Å². The van der Waals surface area contributed by atoms with Gasteiger partial charge >= 0.3 is 0 Å². The second-order valence-electron chi connectivity index (χ2n) is 7.83. The van der Waals surface area contributed by atoms with Crippen LogP contribution in [0.1, 0.15) is 38.5 Å². The minimum Gasteiger partial charge on any atom is -0.422 e. The molecule has 0 aromatic carbocycles. The van der Waals surface area contributed by atoms with Crippen LogP contribution in [0.15, 0.2) is 0 Å². The van der Waals surface area contributed by atoms with E-state index >= 15 is 0 Å². The molecular weight excluding hydrogens is 453 g/mol. The van der Waals surface area contributed by atoms with E-state index in [4.69, 9.17) is 32.8 Å². The molecular formula is C19H48O7Si4. The quantitative estimate of drug-likeness (QED) is 0.116. The van der Waals surface area contributed by atoms with E-state index in [1.807, 2.05) is 0 Å². The molecule has 0 heterocycles. The summed E-state index contributed by atoms with van der Waals surface area (Å²) in [6.45, 7) is 0. The Balaban J connectivity index is 4.63. The van der Waals surface area contributed by atoms with E-state index in [9.17, 15) is 0 Å². The zero-order chi connectivity index (χ0) is 22.7. The van der Waals surface area contributed by atoms with Gasteiger partial charge in [0.05, 0.1) is 34.2 Å². The van der Waals surface area contributed by atoms with Crippen molar-refractivity contribution in [2.45, 2.75) is 80.0 Å². The van der Waals surface area contributed by atoms with Crippen molar-refractivity contribution in [3.63, 3.8) is 0 Å². The highest BCUT2D eigenvalue weighted by molar-refractivity contribution is 6.37. The van der Waals surface area contributed by atoms with Gasteiger partial charge in [0.25, 0.3) is 0 Å². The Bertz CT molecular complexity index is 320. The number of ether oxygens (including phenoxy) is 6. The van der Waals surface area contributed by atoms with Gasteiger partial charge in [-0.3, -0.25) is 0 Å². The molecule has 0 aliphatic rings. The fourth-order valence-electron chi connectivity index (χ4n) is 3.95. The van der Waals surface area contributed by atoms with Crippen LogP contribution in [0.4, 0.5) is 0 Å². The molecule has 11 heteroatoms. The largest absolute Gasteiger partial charge is 0.422 e. The summed E-state index contributed by atoms with van der Waals surface area (Å²) in [5, 5.41) is 0. The van der Waals surface area contributed by atoms with E-state index in [0.29, 0.717) is 0 Å². The molecule has 0 unspecified atom stereocenters. The van der Waals surface area contributed by atoms with Crippen LogP contribution >= 0.6 is 0 Å². The van der Waals surface area contributed by atoms with Crippen LogP contribution in [0.3, 0.4) is 0 Å². The monoisotopic (exact) mass is 500 g/mol. The molecule has 0 bridgehead atoms. The van der Waals surface area contributed by atoms with Crippen molar-refractivity contribution in [3.05, 3.63) is 0 Å². The average molecular weight is 501 g/mol. The topological polar surface area (TPSA) is 64.6 Å². The Morgan fingerprint density at radius 1 is 0.567 bits per heavy atom. The highest BCUT2D eigenvalue weighted by atomic mass is 28.2. The van der Waals surface area contributed by atoms with E-state index in [1.165, 1.54) is 37.4 Å². The van der Waals surface area contributed by atoms with Gasteiger partial charge in [-0.2, -0.15) is 0 Å². The standard InChI is InChI=1S/C19H48O7Si4/c1-20-16(21-2)28-13-7-10-19(26-27,11-8-14-29-17(22-3)23-4)12-9-15-30-18(24-5)25-6/h16-18H,7-15,28-30H2,1-6,27H3. The van der Waals surface area contributed by atoms with E-state index < -0.39 is 0 Å². The molecule has 0 aromatic rings. The van der Waals surface area contributed by atoms with Crippen molar-refractivity contribution < 1.29 is 32.8 Å². The summed E-state index contributed by atoms with van der Waals surface area (Å²) in [6, 6.07) is 3.69. The zero-order valence-corrected chi connectivity index (χ0v) is 26.8. The molecule has 7 nitrogen and oxygen atoms in total. The summed E-state index contributed by atoms with van der Waals surface area (Å²) in [6.07, 6.45) is 7.02. The second-order valence-corrected chi connectivity index (χ2v) is 14.1. The fraction of sp³-hybridized carbons (Fsp3) is 1.00. The molecule has 0 N–H and O–H groups in total. The molecule has 30 heavy (non-hydrogen) atoms. The van der Waals surface area contributed by atoms with Crippen molar-refractivity contribution in [2.24, 2.45) is 0 Å². The SMILES string of the molecule is COC(OC)[SiH2]CCCC(CCC[SiH2]C(OC)OC)(CCC[SiH2]C(OC)OC)O[SiH3]. The van der Waals surface area contributed by atoms with Gasteiger partial charge in [0.15, 0.2) is 0 Å². The average Bonchev–Trinajstić information content (AvgIpc) is 2.78. The third-order valence-corrected chi connectivity index (χ3v) is 13.0. The summed E-state index contributed by atoms with van der Waals surface area (Å²) in [7, 11) is 10.1. The van der Waals surface area contributed by atoms with Gasteiger partial charge in [-0.1, -0.05) is 37.4 Å². The highest BCUT2D eigenvalue weighted by Crippen LogP contribution is 2.31. The normalized spacial score (nSPS) is 15.5. The number of rotatable bonds is 22. The Morgan fingerprint density at radius 3 is 1.03 bits per heavy atom. The Kier molecular flexibility index (Phi) is 20.6. The zero-order valence-electron chi connectivity index (χ0n) is 20.6. The molecule has 182 valence electrons. The molecule has 0 aliphatic carbocycles. The lowest BCUT2D eigenvalue weighted by molar-refractivity contribution is -0.0443. The lowest BCUT2D eigenvalue weighted by Gasteiger charge is -2.34. The first-order valence-electron chi connectivity index (χ1n) is 11.3. The van der Waals surface area contributed by atoms with Gasteiger partial charge in [0.2, 0.25) is 0 Å². The van der Waals surface area contributed by atoms with E-state index in [2.05, 4.69) is 0 Å². The van der Waals surface area contributed by atoms with Crippen LogP contribution in [-0.4, -0.2) is 105 Å². The van der Waals surface area contributed by atoms with Crippen LogP contribution in [0.2, 0.25) is 18.1 Å². The van der Waals surface area contributed by atoms with Gasteiger partial charge in [-0.05, 0) is 19.3 Å². The third kappa shape index (κ3) is 13.9. The highest BCUT2D eigenvalue weighted by Gasteiger charge is 2.28. The van der Waals surface area contributed by atoms with Gasteiger partial charge < -0.3 is 32.8 Å². The van der Waals surface area contributed by atoms with Crippen LogP contribution in [0.25, 0.3) is 0 Å². The molecule has 0 saturated heterocycles. The first-order chi connectivity index (χ1) is 14.5. The number of hydrogen-bond donors (Lipinski definition) is 0. The molecule has 0 radical (unpaired) electrons. The minimum atomic E-state index is -0.374. The summed E-state index contributed by atoms with van der Waals surface area (Å²) in [5.41, 5.74) is 0.0321. The van der Waals surface area contributed by atoms with E-state index in [0.717, 1.165) is 29.7 Å². The Hall–Kier alpha value is 0.588. The first kappa shape index (κ1) is 30.6. The van der Waals surface area contributed by atoms with Gasteiger partial charge in [0, 0.05) is 42.7 Å². The Labute approximate surface area is 194 Å². The number of hydrogen-bond acceptors (Lipinski definition) is 7. The molecule has 0 spiro atoms. The van der Waals surface area contributed by atoms with Crippen molar-refractivity contribution in [1.82, 2.24) is 0 Å². The minimum absolute atomic E-state index is 0.0321. The molecule has 0 aromatic heterocycles. The molecule has 0 aliphatic heterocycles. The van der Waals surface area contributed by atoms with Gasteiger partial charge in [-0.15, -0.1) is 0 Å². The molecule has 0 amide bonds. The van der Waals surface area contributed by atoms with Crippen molar-refractivity contribution >= 4 is 39.0 Å². The van der Waals surface area contributed by atoms with Crippen LogP contribution in [0.5, 0.6) is 0 Å². The van der Waals surface area contributed by atoms with Crippen molar-refractivity contribution in [2.75, 3.05) is 42.7 Å². The predicted molar refractivity (Wildman–Crippen MR) is 135 cm³/mol. The summed E-state index contributed by atoms with van der Waals surface area (Å²) >= 11 is 0. The maximum absolute atomic E-state index is 6.31. The second kappa shape index (κ2) is 20.2. The van der Waals surface area contributed by atoms with Gasteiger partial charge in [0.1, 0.15) is 28.2 Å². The smallest absolute Gasteiger partial charge is 0.146 e. The van der Waals surface area contributed by atoms with Crippen LogP contribution < -0.4 is 0 Å². The van der Waals surface area contributed by atoms with E-state index in [1.54, 1.807) is 42.7 Å². The molecule has 0 rings (SSSR count). The molecule has 0 atom stereocenters. The Morgan fingerprint density at radius 2 is 0.833 bits per heavy atom. The lowest BCUT2D eigenvalue weighted by atomic mass is 9.88. The third-order valence-electron chi connectivity index (χ3n) is 5.98. The maximum Gasteiger partial charge on any atom is 0.146 e. The molecule has 0 fully saturated rings. The summed E-state index contributed by atoms with van der Waals surface area (Å²) in [4.78, 5) is 0. The van der Waals surface area contributed by atoms with Gasteiger partial charge in [-0.25, -0.2) is 0 Å². The predicted octanol–water partition coefficient (Wildman–Crippen LogP) is -0.147. The van der Waals surface area contributed by atoms with Crippen LogP contribution in [-0.2, 0) is 32.8 Å². The maximum atomic E-state index is 6.31. The van der Waals surface area contributed by atoms with Crippen molar-refractivity contribution in [3.8, 4) is 0 Å². The van der Waals surface area contributed by atoms with Crippen molar-refractivity contribution in [1.29, 1.82) is 0 Å². The van der Waals surface area contributed by atoms with Crippen LogP contribution in [0, 0.1) is 0 Å². The summed E-state index contributed by atoms with van der Waals surface area (Å²) in [5.74, 6) is 0.107. The summed E-state index contributed by atoms with van der Waals surface area (Å²) < 4.78 is 38.6. The molecule has 0 saturated carbocycles. The number of methoxy groups -OCH3 is 6.